The Morgan fingerprint density at radius 1 is 0.963 bits per heavy atom. The van der Waals surface area contributed by atoms with Crippen molar-refractivity contribution >= 4 is 22.5 Å². The van der Waals surface area contributed by atoms with E-state index in [1.807, 2.05) is 24.3 Å². The summed E-state index contributed by atoms with van der Waals surface area (Å²) in [6.07, 6.45) is 0.925. The van der Waals surface area contributed by atoms with E-state index >= 15 is 0 Å². The van der Waals surface area contributed by atoms with Gasteiger partial charge in [-0.25, -0.2) is 0 Å². The summed E-state index contributed by atoms with van der Waals surface area (Å²) in [5.41, 5.74) is 1.55. The van der Waals surface area contributed by atoms with Gasteiger partial charge in [0.1, 0.15) is 0 Å². The Hall–Kier alpha value is -3.16. The van der Waals surface area contributed by atoms with Crippen molar-refractivity contribution < 1.29 is 18.9 Å². The van der Waals surface area contributed by atoms with Crippen molar-refractivity contribution in [3.8, 4) is 23.1 Å². The van der Waals surface area contributed by atoms with Crippen LogP contribution in [-0.4, -0.2) is 50.2 Å². The monoisotopic (exact) mass is 372 g/mol. The minimum Gasteiger partial charge on any atom is -0.493 e. The van der Waals surface area contributed by atoms with Crippen LogP contribution in [0, 0.1) is 0 Å². The number of methoxy groups -OCH3 is 4. The summed E-state index contributed by atoms with van der Waals surface area (Å²) in [5.74, 6) is 3.04. The van der Waals surface area contributed by atoms with Crippen LogP contribution >= 0.6 is 0 Å². The predicted molar refractivity (Wildman–Crippen MR) is 104 cm³/mol. The summed E-state index contributed by atoms with van der Waals surface area (Å²) in [6, 6.07) is 7.59. The number of benzene rings is 1. The molecule has 8 nitrogen and oxygen atoms in total. The molecule has 0 spiro atoms. The van der Waals surface area contributed by atoms with Crippen molar-refractivity contribution in [2.45, 2.75) is 13.3 Å². The van der Waals surface area contributed by atoms with Crippen LogP contribution in [-0.2, 0) is 0 Å². The van der Waals surface area contributed by atoms with Crippen molar-refractivity contribution in [3.63, 3.8) is 0 Å². The molecule has 2 aromatic heterocycles. The second-order valence-electron chi connectivity index (χ2n) is 5.83. The molecule has 0 unspecified atom stereocenters. The molecular formula is C19H24N4O4. The molecule has 2 heterocycles. The molecular weight excluding hydrogens is 348 g/mol. The van der Waals surface area contributed by atoms with Gasteiger partial charge in [0.2, 0.25) is 11.6 Å². The lowest BCUT2D eigenvalue weighted by atomic mass is 10.2. The average Bonchev–Trinajstić information content (AvgIpc) is 3.13. The summed E-state index contributed by atoms with van der Waals surface area (Å²) in [5, 5.41) is 8.37. The number of fused-ring (bicyclic) bond motifs is 1. The standard InChI is InChI=1S/C19H24N4O4/c1-6-9-23(12-10-14(24-2)17(27-5)15(11-12)25-3)19-13-7-8-16(26-4)20-18(13)21-22-19/h7-8,10-11H,6,9H2,1-5H3,(H,20,21,22). The third kappa shape index (κ3) is 3.42. The zero-order valence-corrected chi connectivity index (χ0v) is 16.2. The van der Waals surface area contributed by atoms with Gasteiger partial charge in [0.15, 0.2) is 23.0 Å². The first-order valence-corrected chi connectivity index (χ1v) is 8.63. The van der Waals surface area contributed by atoms with Crippen LogP contribution in [0.25, 0.3) is 11.0 Å². The van der Waals surface area contributed by atoms with Gasteiger partial charge in [-0.05, 0) is 12.5 Å². The molecule has 0 bridgehead atoms. The second-order valence-corrected chi connectivity index (χ2v) is 5.83. The molecule has 0 aliphatic heterocycles. The molecule has 8 heteroatoms. The lowest BCUT2D eigenvalue weighted by Gasteiger charge is -2.24. The van der Waals surface area contributed by atoms with Crippen LogP contribution in [0.3, 0.4) is 0 Å². The number of nitrogens with one attached hydrogen (secondary N) is 1. The van der Waals surface area contributed by atoms with Crippen LogP contribution in [0.5, 0.6) is 23.1 Å². The molecule has 27 heavy (non-hydrogen) atoms. The van der Waals surface area contributed by atoms with Gasteiger partial charge in [-0.1, -0.05) is 6.92 Å². The molecule has 3 aromatic rings. The number of hydrogen-bond donors (Lipinski definition) is 1. The van der Waals surface area contributed by atoms with Gasteiger partial charge in [0, 0.05) is 24.7 Å². The minimum absolute atomic E-state index is 0.535. The van der Waals surface area contributed by atoms with Crippen LogP contribution in [0.1, 0.15) is 13.3 Å². The maximum Gasteiger partial charge on any atom is 0.214 e. The maximum atomic E-state index is 5.49. The lowest BCUT2D eigenvalue weighted by Crippen LogP contribution is -2.19. The largest absolute Gasteiger partial charge is 0.493 e. The Morgan fingerprint density at radius 2 is 1.67 bits per heavy atom. The highest BCUT2D eigenvalue weighted by Crippen LogP contribution is 2.43. The van der Waals surface area contributed by atoms with Gasteiger partial charge >= 0.3 is 0 Å². The van der Waals surface area contributed by atoms with E-state index in [-0.39, 0.29) is 0 Å². The van der Waals surface area contributed by atoms with E-state index in [4.69, 9.17) is 18.9 Å². The van der Waals surface area contributed by atoms with Gasteiger partial charge < -0.3 is 23.8 Å². The molecule has 0 atom stereocenters. The van der Waals surface area contributed by atoms with E-state index in [1.165, 1.54) is 0 Å². The maximum absolute atomic E-state index is 5.49. The Labute approximate surface area is 158 Å². The zero-order chi connectivity index (χ0) is 19.4. The SMILES string of the molecule is CCCN(c1cc(OC)c(OC)c(OC)c1)c1n[nH]c2nc(OC)ccc12. The number of pyridine rings is 1. The molecule has 0 radical (unpaired) electrons. The second kappa shape index (κ2) is 8.03. The normalized spacial score (nSPS) is 10.7. The molecule has 0 amide bonds. The average molecular weight is 372 g/mol. The summed E-state index contributed by atoms with van der Waals surface area (Å²) >= 11 is 0. The van der Waals surface area contributed by atoms with E-state index in [0.29, 0.717) is 28.8 Å². The van der Waals surface area contributed by atoms with Crippen LogP contribution < -0.4 is 23.8 Å². The van der Waals surface area contributed by atoms with E-state index < -0.39 is 0 Å². The Morgan fingerprint density at radius 3 is 2.22 bits per heavy atom. The van der Waals surface area contributed by atoms with Gasteiger partial charge in [0.25, 0.3) is 0 Å². The Balaban J connectivity index is 2.14. The van der Waals surface area contributed by atoms with Crippen molar-refractivity contribution in [1.29, 1.82) is 0 Å². The number of aromatic amines is 1. The van der Waals surface area contributed by atoms with E-state index in [2.05, 4.69) is 27.0 Å². The molecule has 0 fully saturated rings. The fraction of sp³-hybridized carbons (Fsp3) is 0.368. The summed E-state index contributed by atoms with van der Waals surface area (Å²) < 4.78 is 21.6. The highest BCUT2D eigenvalue weighted by Gasteiger charge is 2.21. The minimum atomic E-state index is 0.535. The van der Waals surface area contributed by atoms with Crippen molar-refractivity contribution in [2.24, 2.45) is 0 Å². The number of H-pyrrole nitrogens is 1. The Kier molecular flexibility index (Phi) is 5.54. The highest BCUT2D eigenvalue weighted by atomic mass is 16.5. The fourth-order valence-corrected chi connectivity index (χ4v) is 3.00. The van der Waals surface area contributed by atoms with Crippen molar-refractivity contribution in [1.82, 2.24) is 15.2 Å². The molecule has 0 aliphatic rings. The van der Waals surface area contributed by atoms with E-state index in [0.717, 1.165) is 29.9 Å². The smallest absolute Gasteiger partial charge is 0.214 e. The molecule has 3 rings (SSSR count). The number of hydrogen-bond acceptors (Lipinski definition) is 7. The number of rotatable bonds is 8. The third-order valence-corrected chi connectivity index (χ3v) is 4.25. The molecule has 1 aromatic carbocycles. The first-order valence-electron chi connectivity index (χ1n) is 8.63. The van der Waals surface area contributed by atoms with Crippen LogP contribution in [0.2, 0.25) is 0 Å². The Bertz CT molecular complexity index is 900. The number of aromatic nitrogens is 3. The van der Waals surface area contributed by atoms with Crippen LogP contribution in [0.15, 0.2) is 24.3 Å². The highest BCUT2D eigenvalue weighted by molar-refractivity contribution is 5.90. The molecule has 0 aliphatic carbocycles. The lowest BCUT2D eigenvalue weighted by molar-refractivity contribution is 0.324. The molecule has 144 valence electrons. The van der Waals surface area contributed by atoms with Gasteiger partial charge in [0.05, 0.1) is 39.5 Å². The van der Waals surface area contributed by atoms with E-state index in [1.54, 1.807) is 28.4 Å². The van der Waals surface area contributed by atoms with Crippen molar-refractivity contribution in [3.05, 3.63) is 24.3 Å². The van der Waals surface area contributed by atoms with Gasteiger partial charge in [-0.15, -0.1) is 0 Å². The number of anilines is 2. The quantitative estimate of drug-likeness (QED) is 0.647. The first kappa shape index (κ1) is 18.6. The number of ether oxygens (including phenoxy) is 4. The fourth-order valence-electron chi connectivity index (χ4n) is 3.00. The van der Waals surface area contributed by atoms with Crippen molar-refractivity contribution in [2.75, 3.05) is 39.9 Å². The zero-order valence-electron chi connectivity index (χ0n) is 16.2. The molecule has 1 N–H and O–H groups in total. The first-order chi connectivity index (χ1) is 13.2. The summed E-state index contributed by atoms with van der Waals surface area (Å²) in [4.78, 5) is 6.50. The topological polar surface area (TPSA) is 81.7 Å². The molecule has 0 saturated heterocycles. The number of nitrogens with zero attached hydrogens (tertiary/aromatic N) is 3. The predicted octanol–water partition coefficient (Wildman–Crippen LogP) is 3.54. The van der Waals surface area contributed by atoms with Crippen LogP contribution in [0.4, 0.5) is 11.5 Å². The van der Waals surface area contributed by atoms with Gasteiger partial charge in [-0.3, -0.25) is 5.10 Å². The van der Waals surface area contributed by atoms with Gasteiger partial charge in [-0.2, -0.15) is 10.1 Å². The molecule has 0 saturated carbocycles. The summed E-state index contributed by atoms with van der Waals surface area (Å²) in [7, 11) is 6.38. The van der Waals surface area contributed by atoms with E-state index in [9.17, 15) is 0 Å². The third-order valence-electron chi connectivity index (χ3n) is 4.25. The summed E-state index contributed by atoms with van der Waals surface area (Å²) in [6.45, 7) is 2.87.